The van der Waals surface area contributed by atoms with Crippen LogP contribution in [-0.2, 0) is 6.42 Å². The van der Waals surface area contributed by atoms with Gasteiger partial charge in [-0.2, -0.15) is 0 Å². The van der Waals surface area contributed by atoms with Gasteiger partial charge in [0.05, 0.1) is 14.2 Å². The van der Waals surface area contributed by atoms with Gasteiger partial charge in [-0.3, -0.25) is 0 Å². The Morgan fingerprint density at radius 2 is 1.93 bits per heavy atom. The highest BCUT2D eigenvalue weighted by Gasteiger charge is 2.07. The van der Waals surface area contributed by atoms with Crippen LogP contribution in [0.25, 0.3) is 0 Å². The number of aryl methyl sites for hydroxylation is 1. The molecule has 0 saturated carbocycles. The number of hydrogen-bond donors (Lipinski definition) is 0. The van der Waals surface area contributed by atoms with Crippen molar-refractivity contribution in [3.05, 3.63) is 23.8 Å². The molecular weight excluding hydrogens is 176 g/mol. The summed E-state index contributed by atoms with van der Waals surface area (Å²) in [4.78, 5) is 0. The van der Waals surface area contributed by atoms with Gasteiger partial charge in [0, 0.05) is 0 Å². The SMILES string of the molecule is CCCCc1cccc(OC)c1OC. The third kappa shape index (κ3) is 2.41. The highest BCUT2D eigenvalue weighted by Crippen LogP contribution is 2.31. The summed E-state index contributed by atoms with van der Waals surface area (Å²) in [5.41, 5.74) is 1.23. The zero-order valence-corrected chi connectivity index (χ0v) is 9.17. The standard InChI is InChI=1S/C12H18O2/c1-4-5-7-10-8-6-9-11(13-2)12(10)14-3/h6,8-9H,4-5,7H2,1-3H3. The molecule has 14 heavy (non-hydrogen) atoms. The Labute approximate surface area is 85.8 Å². The van der Waals surface area contributed by atoms with E-state index in [1.807, 2.05) is 12.1 Å². The molecule has 0 bridgehead atoms. The van der Waals surface area contributed by atoms with Crippen molar-refractivity contribution >= 4 is 0 Å². The van der Waals surface area contributed by atoms with Crippen molar-refractivity contribution < 1.29 is 9.47 Å². The monoisotopic (exact) mass is 194 g/mol. The highest BCUT2D eigenvalue weighted by molar-refractivity contribution is 5.46. The fourth-order valence-electron chi connectivity index (χ4n) is 1.52. The molecule has 0 aliphatic carbocycles. The quantitative estimate of drug-likeness (QED) is 0.717. The lowest BCUT2D eigenvalue weighted by molar-refractivity contribution is 0.351. The molecule has 0 atom stereocenters. The van der Waals surface area contributed by atoms with E-state index in [2.05, 4.69) is 13.0 Å². The van der Waals surface area contributed by atoms with E-state index in [0.29, 0.717) is 0 Å². The Morgan fingerprint density at radius 3 is 2.50 bits per heavy atom. The number of methoxy groups -OCH3 is 2. The molecule has 1 rings (SSSR count). The topological polar surface area (TPSA) is 18.5 Å². The summed E-state index contributed by atoms with van der Waals surface area (Å²) in [6.45, 7) is 2.19. The van der Waals surface area contributed by atoms with Gasteiger partial charge >= 0.3 is 0 Å². The van der Waals surface area contributed by atoms with Crippen molar-refractivity contribution in [3.63, 3.8) is 0 Å². The number of rotatable bonds is 5. The van der Waals surface area contributed by atoms with Gasteiger partial charge in [-0.25, -0.2) is 0 Å². The average molecular weight is 194 g/mol. The largest absolute Gasteiger partial charge is 0.493 e. The molecule has 0 amide bonds. The number of hydrogen-bond acceptors (Lipinski definition) is 2. The van der Waals surface area contributed by atoms with Crippen molar-refractivity contribution in [2.45, 2.75) is 26.2 Å². The zero-order chi connectivity index (χ0) is 10.4. The van der Waals surface area contributed by atoms with Crippen LogP contribution in [0.5, 0.6) is 11.5 Å². The second-order valence-corrected chi connectivity index (χ2v) is 3.26. The lowest BCUT2D eigenvalue weighted by atomic mass is 10.1. The lowest BCUT2D eigenvalue weighted by Gasteiger charge is -2.11. The predicted octanol–water partition coefficient (Wildman–Crippen LogP) is 3.05. The summed E-state index contributed by atoms with van der Waals surface area (Å²) in [5, 5.41) is 0. The van der Waals surface area contributed by atoms with Crippen LogP contribution in [0.3, 0.4) is 0 Å². The molecule has 2 nitrogen and oxygen atoms in total. The number of unbranched alkanes of at least 4 members (excludes halogenated alkanes) is 1. The molecule has 0 radical (unpaired) electrons. The molecule has 78 valence electrons. The summed E-state index contributed by atoms with van der Waals surface area (Å²) in [6, 6.07) is 6.03. The highest BCUT2D eigenvalue weighted by atomic mass is 16.5. The first kappa shape index (κ1) is 10.9. The molecule has 0 spiro atoms. The number of ether oxygens (including phenoxy) is 2. The van der Waals surface area contributed by atoms with Gasteiger partial charge in [-0.1, -0.05) is 25.5 Å². The maximum Gasteiger partial charge on any atom is 0.163 e. The second kappa shape index (κ2) is 5.53. The summed E-state index contributed by atoms with van der Waals surface area (Å²) >= 11 is 0. The second-order valence-electron chi connectivity index (χ2n) is 3.26. The molecule has 0 unspecified atom stereocenters. The third-order valence-electron chi connectivity index (χ3n) is 2.28. The summed E-state index contributed by atoms with van der Waals surface area (Å²) < 4.78 is 10.6. The molecule has 0 N–H and O–H groups in total. The molecule has 2 heteroatoms. The molecule has 0 fully saturated rings. The van der Waals surface area contributed by atoms with E-state index < -0.39 is 0 Å². The van der Waals surface area contributed by atoms with Crippen LogP contribution in [0.2, 0.25) is 0 Å². The lowest BCUT2D eigenvalue weighted by Crippen LogP contribution is -1.95. The van der Waals surface area contributed by atoms with E-state index >= 15 is 0 Å². The Morgan fingerprint density at radius 1 is 1.14 bits per heavy atom. The summed E-state index contributed by atoms with van der Waals surface area (Å²) in [6.07, 6.45) is 3.43. The van der Waals surface area contributed by atoms with E-state index in [-0.39, 0.29) is 0 Å². The van der Waals surface area contributed by atoms with Crippen molar-refractivity contribution in [2.75, 3.05) is 14.2 Å². The zero-order valence-electron chi connectivity index (χ0n) is 9.17. The van der Waals surface area contributed by atoms with E-state index in [1.165, 1.54) is 18.4 Å². The molecule has 1 aromatic rings. The van der Waals surface area contributed by atoms with Crippen molar-refractivity contribution in [1.82, 2.24) is 0 Å². The maximum atomic E-state index is 5.34. The van der Waals surface area contributed by atoms with E-state index in [0.717, 1.165) is 17.9 Å². The Balaban J connectivity index is 2.90. The summed E-state index contributed by atoms with van der Waals surface area (Å²) in [7, 11) is 3.36. The molecule has 0 aromatic heterocycles. The van der Waals surface area contributed by atoms with Gasteiger partial charge < -0.3 is 9.47 Å². The third-order valence-corrected chi connectivity index (χ3v) is 2.28. The van der Waals surface area contributed by atoms with Crippen LogP contribution >= 0.6 is 0 Å². The van der Waals surface area contributed by atoms with Gasteiger partial charge in [0.25, 0.3) is 0 Å². The molecular formula is C12H18O2. The minimum absolute atomic E-state index is 0.820. The van der Waals surface area contributed by atoms with Crippen molar-refractivity contribution in [3.8, 4) is 11.5 Å². The minimum atomic E-state index is 0.820. The number of benzene rings is 1. The van der Waals surface area contributed by atoms with Gasteiger partial charge in [0.15, 0.2) is 11.5 Å². The smallest absolute Gasteiger partial charge is 0.163 e. The van der Waals surface area contributed by atoms with Crippen LogP contribution < -0.4 is 9.47 Å². The van der Waals surface area contributed by atoms with E-state index in [9.17, 15) is 0 Å². The Hall–Kier alpha value is -1.18. The van der Waals surface area contributed by atoms with Crippen LogP contribution in [-0.4, -0.2) is 14.2 Å². The predicted molar refractivity (Wildman–Crippen MR) is 58.2 cm³/mol. The normalized spacial score (nSPS) is 9.93. The molecule has 0 aliphatic rings. The van der Waals surface area contributed by atoms with Gasteiger partial charge in [-0.05, 0) is 24.5 Å². The van der Waals surface area contributed by atoms with Gasteiger partial charge in [0.1, 0.15) is 0 Å². The first-order valence-electron chi connectivity index (χ1n) is 5.03. The molecule has 0 saturated heterocycles. The van der Waals surface area contributed by atoms with Crippen LogP contribution in [0.15, 0.2) is 18.2 Å². The van der Waals surface area contributed by atoms with Crippen molar-refractivity contribution in [1.29, 1.82) is 0 Å². The molecule has 0 heterocycles. The fourth-order valence-corrected chi connectivity index (χ4v) is 1.52. The van der Waals surface area contributed by atoms with Gasteiger partial charge in [-0.15, -0.1) is 0 Å². The fraction of sp³-hybridized carbons (Fsp3) is 0.500. The van der Waals surface area contributed by atoms with E-state index in [1.54, 1.807) is 14.2 Å². The van der Waals surface area contributed by atoms with Crippen LogP contribution in [0.1, 0.15) is 25.3 Å². The minimum Gasteiger partial charge on any atom is -0.493 e. The van der Waals surface area contributed by atoms with Crippen LogP contribution in [0.4, 0.5) is 0 Å². The maximum absolute atomic E-state index is 5.34. The molecule has 1 aromatic carbocycles. The Bertz CT molecular complexity index is 282. The Kier molecular flexibility index (Phi) is 4.30. The summed E-state index contributed by atoms with van der Waals surface area (Å²) in [5.74, 6) is 1.70. The van der Waals surface area contributed by atoms with Crippen LogP contribution in [0, 0.1) is 0 Å². The number of para-hydroxylation sites is 1. The molecule has 0 aliphatic heterocycles. The average Bonchev–Trinajstić information content (AvgIpc) is 2.25. The van der Waals surface area contributed by atoms with Crippen molar-refractivity contribution in [2.24, 2.45) is 0 Å². The first-order valence-corrected chi connectivity index (χ1v) is 5.03. The van der Waals surface area contributed by atoms with E-state index in [4.69, 9.17) is 9.47 Å². The van der Waals surface area contributed by atoms with Gasteiger partial charge in [0.2, 0.25) is 0 Å². The first-order chi connectivity index (χ1) is 6.83.